The van der Waals surface area contributed by atoms with E-state index in [4.69, 9.17) is 5.11 Å². The van der Waals surface area contributed by atoms with Crippen LogP contribution in [0.25, 0.3) is 0 Å². The Balaban J connectivity index is 2.71. The van der Waals surface area contributed by atoms with E-state index >= 15 is 0 Å². The summed E-state index contributed by atoms with van der Waals surface area (Å²) in [5.41, 5.74) is 0. The van der Waals surface area contributed by atoms with Gasteiger partial charge in [0.15, 0.2) is 0 Å². The Bertz CT molecular complexity index is 199. The molecule has 0 aromatic carbocycles. The molecular formula is C5H6N2O3. The lowest BCUT2D eigenvalue weighted by atomic mass is 10.1. The van der Waals surface area contributed by atoms with Gasteiger partial charge in [-0.25, -0.2) is 9.79 Å². The smallest absolute Gasteiger partial charge is 0.347 e. The summed E-state index contributed by atoms with van der Waals surface area (Å²) in [6.07, 6.45) is 1.14. The Morgan fingerprint density at radius 1 is 1.70 bits per heavy atom. The van der Waals surface area contributed by atoms with Gasteiger partial charge in [-0.3, -0.25) is 10.1 Å². The van der Waals surface area contributed by atoms with Crippen LogP contribution in [0.15, 0.2) is 4.99 Å². The molecule has 3 amide bonds. The summed E-state index contributed by atoms with van der Waals surface area (Å²) < 4.78 is 0. The zero-order chi connectivity index (χ0) is 7.56. The lowest BCUT2D eigenvalue weighted by Gasteiger charge is -2.10. The second kappa shape index (κ2) is 2.57. The molecule has 1 rings (SSSR count). The first-order chi connectivity index (χ1) is 4.74. The number of hydrogen-bond acceptors (Lipinski definition) is 3. The summed E-state index contributed by atoms with van der Waals surface area (Å²) in [7, 11) is 0. The molecule has 0 saturated heterocycles. The van der Waals surface area contributed by atoms with Crippen LogP contribution in [0, 0.1) is 5.92 Å². The number of aliphatic hydroxyl groups excluding tert-OH is 1. The van der Waals surface area contributed by atoms with Crippen molar-refractivity contribution in [1.29, 1.82) is 0 Å². The third-order valence-corrected chi connectivity index (χ3v) is 1.14. The van der Waals surface area contributed by atoms with Crippen LogP contribution in [-0.4, -0.2) is 29.9 Å². The number of nitrogens with one attached hydrogen (secondary N) is 1. The van der Waals surface area contributed by atoms with Gasteiger partial charge in [0.1, 0.15) is 0 Å². The predicted octanol–water partition coefficient (Wildman–Crippen LogP) is -1.08. The number of rotatable bonds is 1. The van der Waals surface area contributed by atoms with Gasteiger partial charge in [0, 0.05) is 6.21 Å². The molecule has 1 heterocycles. The first-order valence-corrected chi connectivity index (χ1v) is 2.74. The van der Waals surface area contributed by atoms with Gasteiger partial charge in [-0.15, -0.1) is 0 Å². The van der Waals surface area contributed by atoms with Crippen molar-refractivity contribution in [1.82, 2.24) is 5.32 Å². The highest BCUT2D eigenvalue weighted by molar-refractivity contribution is 6.09. The average molecular weight is 142 g/mol. The molecular weight excluding hydrogens is 136 g/mol. The fourth-order valence-corrected chi connectivity index (χ4v) is 0.586. The molecule has 2 N–H and O–H groups in total. The molecule has 54 valence electrons. The lowest BCUT2D eigenvalue weighted by molar-refractivity contribution is -0.122. The van der Waals surface area contributed by atoms with Crippen LogP contribution in [0.2, 0.25) is 0 Å². The number of nitrogens with zero attached hydrogens (tertiary/aromatic N) is 1. The third kappa shape index (κ3) is 1.19. The molecule has 0 aromatic rings. The van der Waals surface area contributed by atoms with Gasteiger partial charge in [0.2, 0.25) is 5.91 Å². The molecule has 1 atom stereocenters. The minimum absolute atomic E-state index is 0.317. The maximum Gasteiger partial charge on any atom is 0.347 e. The zero-order valence-electron chi connectivity index (χ0n) is 5.07. The molecule has 1 aliphatic rings. The van der Waals surface area contributed by atoms with Crippen molar-refractivity contribution in [2.75, 3.05) is 6.61 Å². The first-order valence-electron chi connectivity index (χ1n) is 2.74. The van der Waals surface area contributed by atoms with Crippen molar-refractivity contribution in [3.8, 4) is 0 Å². The van der Waals surface area contributed by atoms with Crippen LogP contribution in [0.4, 0.5) is 4.79 Å². The third-order valence-electron chi connectivity index (χ3n) is 1.14. The fourth-order valence-electron chi connectivity index (χ4n) is 0.586. The van der Waals surface area contributed by atoms with Gasteiger partial charge in [0.25, 0.3) is 0 Å². The van der Waals surface area contributed by atoms with Crippen molar-refractivity contribution in [2.24, 2.45) is 10.9 Å². The van der Waals surface area contributed by atoms with Crippen molar-refractivity contribution in [3.05, 3.63) is 0 Å². The Labute approximate surface area is 56.8 Å². The topological polar surface area (TPSA) is 78.8 Å². The number of urea groups is 1. The average Bonchev–Trinajstić information content (AvgIpc) is 1.88. The highest BCUT2D eigenvalue weighted by atomic mass is 16.3. The molecule has 5 nitrogen and oxygen atoms in total. The summed E-state index contributed by atoms with van der Waals surface area (Å²) in [6.45, 7) is -0.317. The van der Waals surface area contributed by atoms with Crippen molar-refractivity contribution < 1.29 is 14.7 Å². The standard InChI is InChI=1S/C5H6N2O3/c8-2-3-1-6-5(10)7-4(3)9/h1,3,8H,2H2,(H,7,9,10)/t3-/m1/s1. The van der Waals surface area contributed by atoms with E-state index in [1.54, 1.807) is 0 Å². The predicted molar refractivity (Wildman–Crippen MR) is 32.6 cm³/mol. The van der Waals surface area contributed by atoms with Gasteiger partial charge >= 0.3 is 6.03 Å². The fraction of sp³-hybridized carbons (Fsp3) is 0.400. The number of carbonyl (C=O) groups is 2. The van der Waals surface area contributed by atoms with Gasteiger partial charge in [-0.2, -0.15) is 0 Å². The Morgan fingerprint density at radius 3 is 2.90 bits per heavy atom. The second-order valence-electron chi connectivity index (χ2n) is 1.86. The largest absolute Gasteiger partial charge is 0.395 e. The summed E-state index contributed by atoms with van der Waals surface area (Å²) >= 11 is 0. The van der Waals surface area contributed by atoms with Crippen LogP contribution in [-0.2, 0) is 4.79 Å². The van der Waals surface area contributed by atoms with E-state index in [1.165, 1.54) is 0 Å². The molecule has 0 spiro atoms. The van der Waals surface area contributed by atoms with E-state index in [1.807, 2.05) is 5.32 Å². The zero-order valence-corrected chi connectivity index (χ0v) is 5.07. The number of carbonyl (C=O) groups excluding carboxylic acids is 2. The minimum Gasteiger partial charge on any atom is -0.395 e. The van der Waals surface area contributed by atoms with Crippen LogP contribution < -0.4 is 5.32 Å². The highest BCUT2D eigenvalue weighted by Gasteiger charge is 2.21. The van der Waals surface area contributed by atoms with Gasteiger partial charge < -0.3 is 5.11 Å². The maximum absolute atomic E-state index is 10.7. The van der Waals surface area contributed by atoms with E-state index in [2.05, 4.69) is 4.99 Å². The summed E-state index contributed by atoms with van der Waals surface area (Å²) in [4.78, 5) is 24.3. The van der Waals surface area contributed by atoms with Gasteiger partial charge in [-0.05, 0) is 0 Å². The van der Waals surface area contributed by atoms with E-state index < -0.39 is 17.9 Å². The van der Waals surface area contributed by atoms with E-state index in [-0.39, 0.29) is 6.61 Å². The highest BCUT2D eigenvalue weighted by Crippen LogP contribution is 1.96. The first kappa shape index (κ1) is 6.88. The van der Waals surface area contributed by atoms with Crippen LogP contribution in [0.3, 0.4) is 0 Å². The second-order valence-corrected chi connectivity index (χ2v) is 1.86. The number of aliphatic hydroxyl groups is 1. The minimum atomic E-state index is -0.672. The number of amides is 3. The molecule has 0 fully saturated rings. The van der Waals surface area contributed by atoms with Crippen LogP contribution in [0.5, 0.6) is 0 Å². The summed E-state index contributed by atoms with van der Waals surface area (Å²) in [6, 6.07) is -0.672. The molecule has 0 saturated carbocycles. The number of hydrogen-bond donors (Lipinski definition) is 2. The molecule has 0 bridgehead atoms. The lowest BCUT2D eigenvalue weighted by Crippen LogP contribution is -2.40. The SMILES string of the molecule is O=C1N=C[C@H](CO)C(=O)N1. The number of imide groups is 1. The van der Waals surface area contributed by atoms with E-state index in [9.17, 15) is 9.59 Å². The molecule has 1 aliphatic heterocycles. The van der Waals surface area contributed by atoms with Crippen molar-refractivity contribution in [3.63, 3.8) is 0 Å². The molecule has 10 heavy (non-hydrogen) atoms. The van der Waals surface area contributed by atoms with Gasteiger partial charge in [-0.1, -0.05) is 0 Å². The Kier molecular flexibility index (Phi) is 1.77. The molecule has 0 aromatic heterocycles. The maximum atomic E-state index is 10.7. The molecule has 0 radical (unpaired) electrons. The van der Waals surface area contributed by atoms with Crippen molar-refractivity contribution >= 4 is 18.2 Å². The van der Waals surface area contributed by atoms with Crippen molar-refractivity contribution in [2.45, 2.75) is 0 Å². The monoisotopic (exact) mass is 142 g/mol. The molecule has 0 aliphatic carbocycles. The quantitative estimate of drug-likeness (QED) is 0.488. The summed E-state index contributed by atoms with van der Waals surface area (Å²) in [5, 5.41) is 10.4. The van der Waals surface area contributed by atoms with Crippen LogP contribution in [0.1, 0.15) is 0 Å². The van der Waals surface area contributed by atoms with Gasteiger partial charge in [0.05, 0.1) is 12.5 Å². The normalized spacial score (nSPS) is 24.7. The Hall–Kier alpha value is -1.23. The van der Waals surface area contributed by atoms with Crippen LogP contribution >= 0.6 is 0 Å². The summed E-state index contributed by atoms with van der Waals surface area (Å²) in [5.74, 6) is -1.17. The Morgan fingerprint density at radius 2 is 2.40 bits per heavy atom. The molecule has 0 unspecified atom stereocenters. The number of aliphatic imine (C=N–C) groups is 1. The van der Waals surface area contributed by atoms with E-state index in [0.717, 1.165) is 6.21 Å². The molecule has 5 heteroatoms. The van der Waals surface area contributed by atoms with E-state index in [0.29, 0.717) is 0 Å².